The Morgan fingerprint density at radius 2 is 2.33 bits per heavy atom. The van der Waals surface area contributed by atoms with Crippen LogP contribution >= 0.6 is 0 Å². The van der Waals surface area contributed by atoms with Gasteiger partial charge in [-0.3, -0.25) is 4.79 Å². The summed E-state index contributed by atoms with van der Waals surface area (Å²) in [6.07, 6.45) is 3.75. The molecular formula is C14H21NO3. The van der Waals surface area contributed by atoms with Crippen molar-refractivity contribution in [2.24, 2.45) is 0 Å². The molecular weight excluding hydrogens is 230 g/mol. The molecule has 1 aliphatic rings. The van der Waals surface area contributed by atoms with Crippen LogP contribution in [0.2, 0.25) is 0 Å². The second-order valence-corrected chi connectivity index (χ2v) is 4.99. The number of aliphatic hydroxyl groups is 1. The summed E-state index contributed by atoms with van der Waals surface area (Å²) in [6.45, 7) is 4.71. The molecule has 1 N–H and O–H groups in total. The Balaban J connectivity index is 2.10. The summed E-state index contributed by atoms with van der Waals surface area (Å²) >= 11 is 0. The van der Waals surface area contributed by atoms with E-state index in [2.05, 4.69) is 0 Å². The third-order valence-electron chi connectivity index (χ3n) is 3.60. The number of aliphatic hydroxyl groups excluding tert-OH is 1. The molecule has 1 aromatic rings. The number of aryl methyl sites for hydroxylation is 2. The minimum Gasteiger partial charge on any atom is -0.466 e. The minimum atomic E-state index is 0.0739. The van der Waals surface area contributed by atoms with Gasteiger partial charge in [0.25, 0.3) is 5.91 Å². The average Bonchev–Trinajstić information content (AvgIpc) is 2.92. The number of hydrogen-bond donors (Lipinski definition) is 1. The van der Waals surface area contributed by atoms with Crippen LogP contribution in [-0.4, -0.2) is 35.1 Å². The van der Waals surface area contributed by atoms with Gasteiger partial charge in [0.2, 0.25) is 0 Å². The van der Waals surface area contributed by atoms with E-state index < -0.39 is 0 Å². The van der Waals surface area contributed by atoms with E-state index in [-0.39, 0.29) is 18.6 Å². The van der Waals surface area contributed by atoms with Crippen LogP contribution in [0.1, 0.15) is 47.6 Å². The predicted molar refractivity (Wildman–Crippen MR) is 68.6 cm³/mol. The van der Waals surface area contributed by atoms with Crippen molar-refractivity contribution in [1.82, 2.24) is 4.90 Å². The Labute approximate surface area is 108 Å². The topological polar surface area (TPSA) is 53.7 Å². The highest BCUT2D eigenvalue weighted by Crippen LogP contribution is 2.25. The van der Waals surface area contributed by atoms with Crippen molar-refractivity contribution < 1.29 is 14.3 Å². The number of furan rings is 1. The van der Waals surface area contributed by atoms with Crippen molar-refractivity contribution in [2.75, 3.05) is 13.2 Å². The maximum Gasteiger partial charge on any atom is 0.257 e. The van der Waals surface area contributed by atoms with Gasteiger partial charge in [-0.25, -0.2) is 0 Å². The van der Waals surface area contributed by atoms with Gasteiger partial charge in [-0.05, 0) is 45.6 Å². The zero-order valence-electron chi connectivity index (χ0n) is 11.1. The van der Waals surface area contributed by atoms with Crippen LogP contribution in [0, 0.1) is 13.8 Å². The predicted octanol–water partition coefficient (Wildman–Crippen LogP) is 2.27. The first kappa shape index (κ1) is 13.1. The molecule has 1 unspecified atom stereocenters. The molecule has 0 saturated carbocycles. The first-order valence-corrected chi connectivity index (χ1v) is 6.62. The molecule has 4 nitrogen and oxygen atoms in total. The van der Waals surface area contributed by atoms with Gasteiger partial charge in [0.1, 0.15) is 11.5 Å². The first-order chi connectivity index (χ1) is 8.63. The number of nitrogens with zero attached hydrogens (tertiary/aromatic N) is 1. The van der Waals surface area contributed by atoms with Gasteiger partial charge in [-0.2, -0.15) is 0 Å². The Kier molecular flexibility index (Phi) is 4.07. The summed E-state index contributed by atoms with van der Waals surface area (Å²) in [6, 6.07) is 2.10. The second kappa shape index (κ2) is 5.57. The van der Waals surface area contributed by atoms with Crippen LogP contribution in [0.5, 0.6) is 0 Å². The number of carbonyl (C=O) groups excluding carboxylic acids is 1. The number of likely N-dealkylation sites (tertiary alicyclic amines) is 1. The fourth-order valence-electron chi connectivity index (χ4n) is 2.73. The normalized spacial score (nSPS) is 19.5. The highest BCUT2D eigenvalue weighted by atomic mass is 16.3. The molecule has 18 heavy (non-hydrogen) atoms. The summed E-state index contributed by atoms with van der Waals surface area (Å²) in [5.41, 5.74) is 0.684. The van der Waals surface area contributed by atoms with Crippen LogP contribution in [0.15, 0.2) is 10.5 Å². The maximum atomic E-state index is 12.5. The van der Waals surface area contributed by atoms with Crippen molar-refractivity contribution >= 4 is 5.91 Å². The first-order valence-electron chi connectivity index (χ1n) is 6.62. The molecule has 0 aliphatic carbocycles. The van der Waals surface area contributed by atoms with Gasteiger partial charge in [-0.15, -0.1) is 0 Å². The lowest BCUT2D eigenvalue weighted by molar-refractivity contribution is 0.0722. The molecule has 100 valence electrons. The van der Waals surface area contributed by atoms with E-state index >= 15 is 0 Å². The molecule has 0 aromatic carbocycles. The van der Waals surface area contributed by atoms with Gasteiger partial charge in [0.05, 0.1) is 5.56 Å². The lowest BCUT2D eigenvalue weighted by Crippen LogP contribution is -2.35. The van der Waals surface area contributed by atoms with E-state index in [0.29, 0.717) is 11.3 Å². The van der Waals surface area contributed by atoms with E-state index in [9.17, 15) is 4.79 Å². The van der Waals surface area contributed by atoms with Crippen LogP contribution in [-0.2, 0) is 0 Å². The van der Waals surface area contributed by atoms with Crippen LogP contribution in [0.25, 0.3) is 0 Å². The largest absolute Gasteiger partial charge is 0.466 e. The summed E-state index contributed by atoms with van der Waals surface area (Å²) in [5, 5.41) is 8.90. The van der Waals surface area contributed by atoms with Crippen LogP contribution < -0.4 is 0 Å². The Bertz CT molecular complexity index is 425. The maximum absolute atomic E-state index is 12.5. The van der Waals surface area contributed by atoms with Crippen LogP contribution in [0.3, 0.4) is 0 Å². The molecule has 0 radical (unpaired) electrons. The quantitative estimate of drug-likeness (QED) is 0.893. The molecule has 2 rings (SSSR count). The molecule has 0 spiro atoms. The molecule has 1 saturated heterocycles. The third-order valence-corrected chi connectivity index (χ3v) is 3.60. The monoisotopic (exact) mass is 251 g/mol. The zero-order valence-corrected chi connectivity index (χ0v) is 11.1. The Morgan fingerprint density at radius 1 is 1.56 bits per heavy atom. The second-order valence-electron chi connectivity index (χ2n) is 4.99. The van der Waals surface area contributed by atoms with Gasteiger partial charge in [-0.1, -0.05) is 0 Å². The fourth-order valence-corrected chi connectivity index (χ4v) is 2.73. The standard InChI is InChI=1S/C14H21NO3/c1-10-9-13(11(2)18-10)14(17)15-7-3-5-12(15)6-4-8-16/h9,12,16H,3-8H2,1-2H3. The van der Waals surface area contributed by atoms with Gasteiger partial charge in [0.15, 0.2) is 0 Å². The number of hydrogen-bond acceptors (Lipinski definition) is 3. The van der Waals surface area contributed by atoms with Crippen molar-refractivity contribution in [2.45, 2.75) is 45.6 Å². The highest BCUT2D eigenvalue weighted by Gasteiger charge is 2.30. The van der Waals surface area contributed by atoms with Gasteiger partial charge in [0, 0.05) is 19.2 Å². The van der Waals surface area contributed by atoms with Crippen molar-refractivity contribution in [3.8, 4) is 0 Å². The minimum absolute atomic E-state index is 0.0739. The molecule has 1 aliphatic heterocycles. The Morgan fingerprint density at radius 3 is 2.94 bits per heavy atom. The van der Waals surface area contributed by atoms with E-state index in [4.69, 9.17) is 9.52 Å². The third kappa shape index (κ3) is 2.58. The molecule has 1 fully saturated rings. The smallest absolute Gasteiger partial charge is 0.257 e. The van der Waals surface area contributed by atoms with E-state index in [1.54, 1.807) is 0 Å². The SMILES string of the molecule is Cc1cc(C(=O)N2CCCC2CCCO)c(C)o1. The molecule has 4 heteroatoms. The summed E-state index contributed by atoms with van der Waals surface area (Å²) in [4.78, 5) is 14.4. The molecule has 1 aromatic heterocycles. The van der Waals surface area contributed by atoms with Crippen molar-refractivity contribution in [3.63, 3.8) is 0 Å². The molecule has 2 heterocycles. The Hall–Kier alpha value is -1.29. The lowest BCUT2D eigenvalue weighted by Gasteiger charge is -2.24. The summed E-state index contributed by atoms with van der Waals surface area (Å²) < 4.78 is 5.42. The van der Waals surface area contributed by atoms with Gasteiger partial charge >= 0.3 is 0 Å². The number of amides is 1. The van der Waals surface area contributed by atoms with Crippen molar-refractivity contribution in [3.05, 3.63) is 23.2 Å². The number of rotatable bonds is 4. The zero-order chi connectivity index (χ0) is 13.1. The van der Waals surface area contributed by atoms with E-state index in [1.807, 2.05) is 24.8 Å². The number of carbonyl (C=O) groups is 1. The summed E-state index contributed by atoms with van der Waals surface area (Å²) in [5.74, 6) is 1.55. The highest BCUT2D eigenvalue weighted by molar-refractivity contribution is 5.95. The molecule has 1 amide bonds. The molecule has 0 bridgehead atoms. The van der Waals surface area contributed by atoms with E-state index in [1.165, 1.54) is 0 Å². The fraction of sp³-hybridized carbons (Fsp3) is 0.643. The van der Waals surface area contributed by atoms with E-state index in [0.717, 1.165) is 38.0 Å². The summed E-state index contributed by atoms with van der Waals surface area (Å²) in [7, 11) is 0. The van der Waals surface area contributed by atoms with Crippen LogP contribution in [0.4, 0.5) is 0 Å². The van der Waals surface area contributed by atoms with Crippen molar-refractivity contribution in [1.29, 1.82) is 0 Å². The lowest BCUT2D eigenvalue weighted by atomic mass is 10.1. The average molecular weight is 251 g/mol. The van der Waals surface area contributed by atoms with Gasteiger partial charge < -0.3 is 14.4 Å². The molecule has 1 atom stereocenters.